The van der Waals surface area contributed by atoms with E-state index in [1.165, 1.54) is 12.8 Å². The van der Waals surface area contributed by atoms with E-state index >= 15 is 0 Å². The third-order valence-electron chi connectivity index (χ3n) is 8.59. The Bertz CT molecular complexity index is 1390. The standard InChI is InChI=1S/C53H78O6/c1-4-7-10-13-16-19-22-24-26-28-31-34-37-40-43-46-52(55)58-49-50(48-57-51(54)45-42-39-36-33-30-21-18-15-12-9-6-3)59-53(56)47-44-41-38-35-32-29-27-25-23-20-17-14-11-8-5-2/h7-8,10-11,13-32,50H,4-6,9,12,33-49H2,1-3H3/b10-7-,11-8-,16-13-,17-14-,18-15-,22-19-,23-20-,26-24-,27-25-,30-21-,31-28-,32-29-. The fraction of sp³-hybridized carbons (Fsp3) is 0.491. The molecule has 0 rings (SSSR count). The molecular formula is C53H78O6. The molecule has 0 amide bonds. The number of hydrogen-bond acceptors (Lipinski definition) is 6. The molecule has 1 unspecified atom stereocenters. The zero-order chi connectivity index (χ0) is 43.0. The molecule has 6 heteroatoms. The highest BCUT2D eigenvalue weighted by Crippen LogP contribution is 2.10. The molecule has 0 fully saturated rings. The van der Waals surface area contributed by atoms with Crippen molar-refractivity contribution in [1.82, 2.24) is 0 Å². The van der Waals surface area contributed by atoms with Crippen molar-refractivity contribution in [2.75, 3.05) is 13.2 Å². The maximum Gasteiger partial charge on any atom is 0.306 e. The lowest BCUT2D eigenvalue weighted by molar-refractivity contribution is -0.167. The van der Waals surface area contributed by atoms with Crippen molar-refractivity contribution in [3.8, 4) is 0 Å². The number of esters is 3. The number of carbonyl (C=O) groups is 3. The van der Waals surface area contributed by atoms with Crippen LogP contribution in [0.2, 0.25) is 0 Å². The smallest absolute Gasteiger partial charge is 0.306 e. The van der Waals surface area contributed by atoms with Crippen molar-refractivity contribution >= 4 is 17.9 Å². The van der Waals surface area contributed by atoms with Crippen molar-refractivity contribution in [3.05, 3.63) is 146 Å². The molecule has 6 nitrogen and oxygen atoms in total. The summed E-state index contributed by atoms with van der Waals surface area (Å²) < 4.78 is 16.6. The van der Waals surface area contributed by atoms with Crippen molar-refractivity contribution in [2.24, 2.45) is 0 Å². The van der Waals surface area contributed by atoms with E-state index in [1.807, 2.05) is 97.2 Å². The van der Waals surface area contributed by atoms with Crippen molar-refractivity contribution in [3.63, 3.8) is 0 Å². The Morgan fingerprint density at radius 2 is 0.661 bits per heavy atom. The Kier molecular flexibility index (Phi) is 42.3. The van der Waals surface area contributed by atoms with Crippen LogP contribution in [0.3, 0.4) is 0 Å². The van der Waals surface area contributed by atoms with Crippen LogP contribution in [-0.4, -0.2) is 37.2 Å². The van der Waals surface area contributed by atoms with E-state index in [9.17, 15) is 14.4 Å². The summed E-state index contributed by atoms with van der Waals surface area (Å²) in [5.74, 6) is -1.06. The summed E-state index contributed by atoms with van der Waals surface area (Å²) in [5, 5.41) is 0. The molecule has 0 saturated carbocycles. The van der Waals surface area contributed by atoms with Crippen LogP contribution in [0.25, 0.3) is 0 Å². The summed E-state index contributed by atoms with van der Waals surface area (Å²) in [4.78, 5) is 37.8. The van der Waals surface area contributed by atoms with Gasteiger partial charge in [-0.2, -0.15) is 0 Å². The third-order valence-corrected chi connectivity index (χ3v) is 8.59. The Morgan fingerprint density at radius 1 is 0.356 bits per heavy atom. The molecule has 0 aliphatic rings. The van der Waals surface area contributed by atoms with Gasteiger partial charge in [-0.25, -0.2) is 0 Å². The molecule has 1 atom stereocenters. The van der Waals surface area contributed by atoms with Gasteiger partial charge in [-0.1, -0.05) is 199 Å². The van der Waals surface area contributed by atoms with Crippen molar-refractivity contribution < 1.29 is 28.6 Å². The van der Waals surface area contributed by atoms with Crippen LogP contribution in [0, 0.1) is 0 Å². The summed E-state index contributed by atoms with van der Waals surface area (Å²) in [6.45, 7) is 6.15. The summed E-state index contributed by atoms with van der Waals surface area (Å²) in [7, 11) is 0. The first kappa shape index (κ1) is 54.3. The maximum atomic E-state index is 12.7. The van der Waals surface area contributed by atoms with E-state index in [-0.39, 0.29) is 44.0 Å². The predicted octanol–water partition coefficient (Wildman–Crippen LogP) is 14.5. The van der Waals surface area contributed by atoms with Crippen LogP contribution in [0.15, 0.2) is 146 Å². The lowest BCUT2D eigenvalue weighted by Gasteiger charge is -2.18. The number of carbonyl (C=O) groups excluding carboxylic acids is 3. The summed E-state index contributed by atoms with van der Waals surface area (Å²) in [6, 6.07) is 0. The summed E-state index contributed by atoms with van der Waals surface area (Å²) in [5.41, 5.74) is 0. The van der Waals surface area contributed by atoms with Gasteiger partial charge in [0.05, 0.1) is 0 Å². The van der Waals surface area contributed by atoms with E-state index in [2.05, 4.69) is 69.4 Å². The molecule has 59 heavy (non-hydrogen) atoms. The van der Waals surface area contributed by atoms with E-state index in [1.54, 1.807) is 0 Å². The highest BCUT2D eigenvalue weighted by atomic mass is 16.6. The quantitative estimate of drug-likeness (QED) is 0.0269. The monoisotopic (exact) mass is 811 g/mol. The minimum atomic E-state index is -0.833. The van der Waals surface area contributed by atoms with Gasteiger partial charge in [-0.3, -0.25) is 14.4 Å². The van der Waals surface area contributed by atoms with Gasteiger partial charge < -0.3 is 14.2 Å². The van der Waals surface area contributed by atoms with Crippen LogP contribution in [-0.2, 0) is 28.6 Å². The molecule has 0 bridgehead atoms. The van der Waals surface area contributed by atoms with Gasteiger partial charge in [0.15, 0.2) is 6.10 Å². The molecule has 0 N–H and O–H groups in total. The number of allylic oxidation sites excluding steroid dienone is 24. The van der Waals surface area contributed by atoms with Crippen molar-refractivity contribution in [2.45, 2.75) is 155 Å². The van der Waals surface area contributed by atoms with Gasteiger partial charge in [-0.05, 0) is 77.0 Å². The molecule has 0 radical (unpaired) electrons. The van der Waals surface area contributed by atoms with Gasteiger partial charge in [0, 0.05) is 19.3 Å². The fourth-order valence-electron chi connectivity index (χ4n) is 5.22. The van der Waals surface area contributed by atoms with Crippen molar-refractivity contribution in [1.29, 1.82) is 0 Å². The second-order valence-corrected chi connectivity index (χ2v) is 14.1. The topological polar surface area (TPSA) is 78.9 Å². The minimum absolute atomic E-state index is 0.131. The first-order valence-corrected chi connectivity index (χ1v) is 22.5. The molecule has 0 aromatic rings. The predicted molar refractivity (Wildman–Crippen MR) is 251 cm³/mol. The van der Waals surface area contributed by atoms with Gasteiger partial charge in [0.2, 0.25) is 0 Å². The van der Waals surface area contributed by atoms with E-state index in [0.29, 0.717) is 19.3 Å². The number of ether oxygens (including phenoxy) is 3. The minimum Gasteiger partial charge on any atom is -0.462 e. The van der Waals surface area contributed by atoms with Crippen LogP contribution >= 0.6 is 0 Å². The van der Waals surface area contributed by atoms with E-state index in [0.717, 1.165) is 83.5 Å². The highest BCUT2D eigenvalue weighted by molar-refractivity contribution is 5.71. The SMILES string of the molecule is CC\C=C/C=C\C=C/C=C\C=C/CCCCCC(=O)OCC(COC(=O)CCCCC/C=C\C=C/CCCC)OC(=O)CCCCC\C=C/C=C\C=C/C=C\C=C/CC. The number of rotatable bonds is 37. The maximum absolute atomic E-state index is 12.7. The van der Waals surface area contributed by atoms with Gasteiger partial charge in [-0.15, -0.1) is 0 Å². The zero-order valence-corrected chi connectivity index (χ0v) is 36.9. The Balaban J connectivity index is 4.64. The first-order chi connectivity index (χ1) is 29.0. The largest absolute Gasteiger partial charge is 0.462 e. The van der Waals surface area contributed by atoms with Crippen LogP contribution in [0.5, 0.6) is 0 Å². The van der Waals surface area contributed by atoms with Crippen LogP contribution in [0.1, 0.15) is 149 Å². The average molecular weight is 811 g/mol. The second-order valence-electron chi connectivity index (χ2n) is 14.1. The molecule has 0 heterocycles. The highest BCUT2D eigenvalue weighted by Gasteiger charge is 2.19. The molecule has 0 aromatic carbocycles. The Morgan fingerprint density at radius 3 is 1.02 bits per heavy atom. The first-order valence-electron chi connectivity index (χ1n) is 22.5. The third kappa shape index (κ3) is 44.2. The van der Waals surface area contributed by atoms with Gasteiger partial charge >= 0.3 is 17.9 Å². The fourth-order valence-corrected chi connectivity index (χ4v) is 5.22. The molecule has 0 aromatic heterocycles. The van der Waals surface area contributed by atoms with E-state index < -0.39 is 6.10 Å². The number of unbranched alkanes of at least 4 members (excludes halogenated alkanes) is 11. The molecule has 0 spiro atoms. The molecule has 0 aliphatic heterocycles. The summed E-state index contributed by atoms with van der Waals surface area (Å²) >= 11 is 0. The second kappa shape index (κ2) is 46.0. The summed E-state index contributed by atoms with van der Waals surface area (Å²) in [6.07, 6.45) is 65.4. The molecular weight excluding hydrogens is 733 g/mol. The van der Waals surface area contributed by atoms with E-state index in [4.69, 9.17) is 14.2 Å². The Hall–Kier alpha value is -4.71. The average Bonchev–Trinajstić information content (AvgIpc) is 3.23. The van der Waals surface area contributed by atoms with Crippen LogP contribution < -0.4 is 0 Å². The zero-order valence-electron chi connectivity index (χ0n) is 36.9. The normalized spacial score (nSPS) is 13.5. The number of hydrogen-bond donors (Lipinski definition) is 0. The van der Waals surface area contributed by atoms with Crippen LogP contribution in [0.4, 0.5) is 0 Å². The lowest BCUT2D eigenvalue weighted by atomic mass is 10.1. The van der Waals surface area contributed by atoms with Gasteiger partial charge in [0.1, 0.15) is 13.2 Å². The molecule has 0 aliphatic carbocycles. The molecule has 326 valence electrons. The van der Waals surface area contributed by atoms with Gasteiger partial charge in [0.25, 0.3) is 0 Å². The lowest BCUT2D eigenvalue weighted by Crippen LogP contribution is -2.30. The Labute approximate surface area is 359 Å². The molecule has 0 saturated heterocycles.